The van der Waals surface area contributed by atoms with E-state index in [9.17, 15) is 9.59 Å². The molecule has 0 atom stereocenters. The van der Waals surface area contributed by atoms with Crippen LogP contribution < -0.4 is 0 Å². The van der Waals surface area contributed by atoms with Crippen molar-refractivity contribution < 1.29 is 19.4 Å². The van der Waals surface area contributed by atoms with Gasteiger partial charge in [-0.05, 0) is 12.1 Å². The molecule has 104 valence electrons. The lowest BCUT2D eigenvalue weighted by Gasteiger charge is -1.98. The van der Waals surface area contributed by atoms with Crippen LogP contribution in [0, 0.1) is 0 Å². The molecule has 5 nitrogen and oxygen atoms in total. The highest BCUT2D eigenvalue weighted by Gasteiger charge is 2.10. The quantitative estimate of drug-likeness (QED) is 0.832. The zero-order chi connectivity index (χ0) is 14.1. The maximum atomic E-state index is 10.9. The number of pyridine rings is 1. The van der Waals surface area contributed by atoms with Gasteiger partial charge in [-0.3, -0.25) is 0 Å². The molecule has 19 heavy (non-hydrogen) atoms. The third kappa shape index (κ3) is 7.91. The number of esters is 1. The van der Waals surface area contributed by atoms with Crippen LogP contribution in [0.4, 0.5) is 0 Å². The Morgan fingerprint density at radius 1 is 1.05 bits per heavy atom. The molecule has 5 heteroatoms. The van der Waals surface area contributed by atoms with Gasteiger partial charge in [0, 0.05) is 0 Å². The minimum absolute atomic E-state index is 0.0117. The molecular weight excluding hydrogens is 246 g/mol. The minimum Gasteiger partial charge on any atom is -0.477 e. The predicted octanol–water partition coefficient (Wildman–Crippen LogP) is 2.91. The Morgan fingerprint density at radius 2 is 1.53 bits per heavy atom. The maximum Gasteiger partial charge on any atom is 0.356 e. The summed E-state index contributed by atoms with van der Waals surface area (Å²) in [7, 11) is 1.21. The van der Waals surface area contributed by atoms with E-state index in [1.54, 1.807) is 0 Å². The second-order valence-electron chi connectivity index (χ2n) is 4.33. The highest BCUT2D eigenvalue weighted by Crippen LogP contribution is 2.15. The van der Waals surface area contributed by atoms with E-state index in [0.29, 0.717) is 0 Å². The van der Waals surface area contributed by atoms with Crippen LogP contribution in [0.3, 0.4) is 0 Å². The van der Waals surface area contributed by atoms with E-state index in [-0.39, 0.29) is 11.4 Å². The SMILES string of the molecule is C1CC1.C1CC1.COC(=O)c1cccc(C(=O)O)n1. The fourth-order valence-electron chi connectivity index (χ4n) is 0.772. The third-order valence-electron chi connectivity index (χ3n) is 2.07. The van der Waals surface area contributed by atoms with Crippen molar-refractivity contribution in [2.24, 2.45) is 0 Å². The molecule has 2 aliphatic rings. The molecule has 0 saturated heterocycles. The van der Waals surface area contributed by atoms with Gasteiger partial charge in [0.15, 0.2) is 0 Å². The second kappa shape index (κ2) is 8.24. The fraction of sp³-hybridized carbons (Fsp3) is 0.500. The number of aromatic carboxylic acids is 1. The lowest BCUT2D eigenvalue weighted by molar-refractivity contribution is 0.0593. The first-order valence-electron chi connectivity index (χ1n) is 6.44. The van der Waals surface area contributed by atoms with Crippen LogP contribution in [-0.4, -0.2) is 29.1 Å². The molecule has 2 fully saturated rings. The van der Waals surface area contributed by atoms with Crippen molar-refractivity contribution >= 4 is 11.9 Å². The molecule has 1 N–H and O–H groups in total. The summed E-state index contributed by atoms with van der Waals surface area (Å²) in [6.45, 7) is 0. The van der Waals surface area contributed by atoms with E-state index in [1.807, 2.05) is 0 Å². The Kier molecular flexibility index (Phi) is 6.57. The first-order chi connectivity index (χ1) is 9.15. The van der Waals surface area contributed by atoms with Crippen molar-refractivity contribution in [2.45, 2.75) is 38.5 Å². The smallest absolute Gasteiger partial charge is 0.356 e. The van der Waals surface area contributed by atoms with Crippen molar-refractivity contribution in [3.8, 4) is 0 Å². The topological polar surface area (TPSA) is 76.5 Å². The molecule has 0 spiro atoms. The summed E-state index contributed by atoms with van der Waals surface area (Å²) in [5, 5.41) is 8.55. The molecular formula is C14H19NO4. The zero-order valence-electron chi connectivity index (χ0n) is 11.1. The first kappa shape index (κ1) is 15.1. The Hall–Kier alpha value is -1.91. The number of carbonyl (C=O) groups is 2. The number of ether oxygens (including phenoxy) is 1. The van der Waals surface area contributed by atoms with Gasteiger partial charge in [0.05, 0.1) is 7.11 Å². The number of methoxy groups -OCH3 is 1. The summed E-state index contributed by atoms with van der Waals surface area (Å²) in [4.78, 5) is 24.9. The van der Waals surface area contributed by atoms with Gasteiger partial charge < -0.3 is 9.84 Å². The summed E-state index contributed by atoms with van der Waals surface area (Å²) in [5.41, 5.74) is -0.190. The van der Waals surface area contributed by atoms with Crippen molar-refractivity contribution in [3.05, 3.63) is 29.6 Å². The van der Waals surface area contributed by atoms with Crippen molar-refractivity contribution in [1.29, 1.82) is 0 Å². The summed E-state index contributed by atoms with van der Waals surface area (Å²) in [6, 6.07) is 4.12. The minimum atomic E-state index is -1.18. The van der Waals surface area contributed by atoms with E-state index in [4.69, 9.17) is 5.11 Å². The number of nitrogens with zero attached hydrogens (tertiary/aromatic N) is 1. The molecule has 0 aromatic carbocycles. The van der Waals surface area contributed by atoms with E-state index in [0.717, 1.165) is 0 Å². The van der Waals surface area contributed by atoms with Crippen LogP contribution >= 0.6 is 0 Å². The van der Waals surface area contributed by atoms with Crippen LogP contribution in [0.2, 0.25) is 0 Å². The summed E-state index contributed by atoms with van der Waals surface area (Å²) in [5.74, 6) is -1.83. The van der Waals surface area contributed by atoms with E-state index in [1.165, 1.54) is 63.8 Å². The van der Waals surface area contributed by atoms with Gasteiger partial charge in [0.1, 0.15) is 11.4 Å². The first-order valence-corrected chi connectivity index (χ1v) is 6.44. The predicted molar refractivity (Wildman–Crippen MR) is 70.2 cm³/mol. The van der Waals surface area contributed by atoms with Gasteiger partial charge >= 0.3 is 11.9 Å². The number of carboxylic acid groups (broad SMARTS) is 1. The molecule has 0 radical (unpaired) electrons. The molecule has 1 aromatic heterocycles. The molecule has 2 aliphatic carbocycles. The highest BCUT2D eigenvalue weighted by atomic mass is 16.5. The summed E-state index contributed by atoms with van der Waals surface area (Å²) >= 11 is 0. The van der Waals surface area contributed by atoms with E-state index >= 15 is 0 Å². The molecule has 3 rings (SSSR count). The van der Waals surface area contributed by atoms with E-state index < -0.39 is 11.9 Å². The Labute approximate surface area is 112 Å². The van der Waals surface area contributed by atoms with Crippen LogP contribution in [0.15, 0.2) is 18.2 Å². The number of hydrogen-bond donors (Lipinski definition) is 1. The lowest BCUT2D eigenvalue weighted by Crippen LogP contribution is -2.08. The van der Waals surface area contributed by atoms with Crippen LogP contribution in [-0.2, 0) is 4.74 Å². The molecule has 0 unspecified atom stereocenters. The average molecular weight is 265 g/mol. The number of carbonyl (C=O) groups excluding carboxylic acids is 1. The van der Waals surface area contributed by atoms with Gasteiger partial charge in [-0.1, -0.05) is 44.6 Å². The summed E-state index contributed by atoms with van der Waals surface area (Å²) < 4.78 is 4.38. The highest BCUT2D eigenvalue weighted by molar-refractivity contribution is 5.90. The standard InChI is InChI=1S/C8H7NO4.2C3H6/c1-13-8(12)6-4-2-3-5(9-6)7(10)11;2*1-2-3-1/h2-4H,1H3,(H,10,11);2*1-3H2. The van der Waals surface area contributed by atoms with Crippen LogP contribution in [0.5, 0.6) is 0 Å². The second-order valence-corrected chi connectivity index (χ2v) is 4.33. The molecule has 0 bridgehead atoms. The third-order valence-corrected chi connectivity index (χ3v) is 2.07. The lowest BCUT2D eigenvalue weighted by atomic mass is 10.3. The van der Waals surface area contributed by atoms with Crippen LogP contribution in [0.1, 0.15) is 59.5 Å². The molecule has 1 aromatic rings. The Balaban J connectivity index is 0.000000241. The van der Waals surface area contributed by atoms with Crippen molar-refractivity contribution in [1.82, 2.24) is 4.98 Å². The normalized spacial score (nSPS) is 13.9. The molecule has 0 aliphatic heterocycles. The Morgan fingerprint density at radius 3 is 1.89 bits per heavy atom. The molecule has 2 saturated carbocycles. The maximum absolute atomic E-state index is 10.9. The monoisotopic (exact) mass is 265 g/mol. The number of aromatic nitrogens is 1. The largest absolute Gasteiger partial charge is 0.477 e. The van der Waals surface area contributed by atoms with Gasteiger partial charge in [-0.25, -0.2) is 14.6 Å². The average Bonchev–Trinajstić information content (AvgIpc) is 3.27. The Bertz CT molecular complexity index is 416. The number of rotatable bonds is 2. The van der Waals surface area contributed by atoms with Gasteiger partial charge in [-0.2, -0.15) is 0 Å². The number of hydrogen-bond acceptors (Lipinski definition) is 4. The fourth-order valence-corrected chi connectivity index (χ4v) is 0.772. The van der Waals surface area contributed by atoms with Gasteiger partial charge in [0.2, 0.25) is 0 Å². The van der Waals surface area contributed by atoms with Crippen molar-refractivity contribution in [2.75, 3.05) is 7.11 Å². The summed E-state index contributed by atoms with van der Waals surface area (Å²) in [6.07, 6.45) is 9.00. The van der Waals surface area contributed by atoms with Gasteiger partial charge in [-0.15, -0.1) is 0 Å². The van der Waals surface area contributed by atoms with Crippen LogP contribution in [0.25, 0.3) is 0 Å². The number of carboxylic acids is 1. The molecule has 1 heterocycles. The van der Waals surface area contributed by atoms with E-state index in [2.05, 4.69) is 9.72 Å². The molecule has 0 amide bonds. The van der Waals surface area contributed by atoms with Crippen molar-refractivity contribution in [3.63, 3.8) is 0 Å². The van der Waals surface area contributed by atoms with Gasteiger partial charge in [0.25, 0.3) is 0 Å². The zero-order valence-corrected chi connectivity index (χ0v) is 11.1.